The van der Waals surface area contributed by atoms with E-state index in [2.05, 4.69) is 4.90 Å². The number of hydrogen-bond acceptors (Lipinski definition) is 3. The molecule has 0 amide bonds. The molecule has 0 saturated heterocycles. The highest BCUT2D eigenvalue weighted by atomic mass is 16.5. The Kier molecular flexibility index (Phi) is 2.62. The molecule has 1 aliphatic heterocycles. The molecule has 0 bridgehead atoms. The molecule has 0 unspecified atom stereocenters. The first kappa shape index (κ1) is 10.0. The predicted octanol–water partition coefficient (Wildman–Crippen LogP) is 1.78. The van der Waals surface area contributed by atoms with Gasteiger partial charge in [-0.3, -0.25) is 4.79 Å². The highest BCUT2D eigenvalue weighted by molar-refractivity contribution is 5.81. The van der Waals surface area contributed by atoms with Crippen LogP contribution in [-0.4, -0.2) is 26.7 Å². The van der Waals surface area contributed by atoms with E-state index in [1.54, 1.807) is 0 Å². The minimum atomic E-state index is -0.129. The van der Waals surface area contributed by atoms with E-state index in [0.29, 0.717) is 0 Å². The number of carbonyl (C=O) groups excluding carboxylic acids is 1. The molecule has 1 atom stereocenters. The van der Waals surface area contributed by atoms with Crippen LogP contribution in [0.4, 0.5) is 5.69 Å². The third-order valence-corrected chi connectivity index (χ3v) is 2.96. The van der Waals surface area contributed by atoms with Crippen LogP contribution in [0.25, 0.3) is 0 Å². The number of carbonyl (C=O) groups is 1. The van der Waals surface area contributed by atoms with Crippen molar-refractivity contribution in [3.8, 4) is 0 Å². The number of rotatable bonds is 1. The number of methoxy groups -OCH3 is 1. The lowest BCUT2D eigenvalue weighted by atomic mass is 9.90. The van der Waals surface area contributed by atoms with Crippen LogP contribution in [0.2, 0.25) is 0 Å². The minimum absolute atomic E-state index is 0.0950. The van der Waals surface area contributed by atoms with Gasteiger partial charge in [0.25, 0.3) is 0 Å². The standard InChI is InChI=1S/C12H15NO2/c1-13-8-7-10(12(14)15-2)9-5-3-4-6-11(9)13/h3-6,10H,7-8H2,1-2H3/t10-/m0/s1. The zero-order valence-electron chi connectivity index (χ0n) is 9.06. The van der Waals surface area contributed by atoms with Crippen LogP contribution in [0.1, 0.15) is 17.9 Å². The van der Waals surface area contributed by atoms with Gasteiger partial charge in [-0.2, -0.15) is 0 Å². The third-order valence-electron chi connectivity index (χ3n) is 2.96. The maximum atomic E-state index is 11.6. The summed E-state index contributed by atoms with van der Waals surface area (Å²) in [6.07, 6.45) is 0.834. The zero-order valence-corrected chi connectivity index (χ0v) is 9.06. The topological polar surface area (TPSA) is 29.5 Å². The second-order valence-corrected chi connectivity index (χ2v) is 3.84. The fourth-order valence-corrected chi connectivity index (χ4v) is 2.12. The summed E-state index contributed by atoms with van der Waals surface area (Å²) < 4.78 is 4.82. The molecule has 2 rings (SSSR count). The first-order valence-corrected chi connectivity index (χ1v) is 5.12. The Morgan fingerprint density at radius 2 is 2.20 bits per heavy atom. The van der Waals surface area contributed by atoms with Gasteiger partial charge in [0.1, 0.15) is 0 Å². The van der Waals surface area contributed by atoms with Crippen molar-refractivity contribution in [2.24, 2.45) is 0 Å². The third kappa shape index (κ3) is 1.69. The van der Waals surface area contributed by atoms with E-state index in [1.165, 1.54) is 7.11 Å². The van der Waals surface area contributed by atoms with E-state index in [-0.39, 0.29) is 11.9 Å². The highest BCUT2D eigenvalue weighted by Gasteiger charge is 2.28. The lowest BCUT2D eigenvalue weighted by molar-refractivity contribution is -0.142. The number of para-hydroxylation sites is 1. The maximum absolute atomic E-state index is 11.6. The summed E-state index contributed by atoms with van der Waals surface area (Å²) >= 11 is 0. The number of hydrogen-bond donors (Lipinski definition) is 0. The second-order valence-electron chi connectivity index (χ2n) is 3.84. The molecule has 1 aromatic carbocycles. The molecule has 80 valence electrons. The van der Waals surface area contributed by atoms with Crippen molar-refractivity contribution in [1.29, 1.82) is 0 Å². The normalized spacial score (nSPS) is 19.6. The Morgan fingerprint density at radius 3 is 2.93 bits per heavy atom. The smallest absolute Gasteiger partial charge is 0.313 e. The summed E-state index contributed by atoms with van der Waals surface area (Å²) in [5.41, 5.74) is 2.22. The molecule has 0 aromatic heterocycles. The van der Waals surface area contributed by atoms with Crippen LogP contribution >= 0.6 is 0 Å². The minimum Gasteiger partial charge on any atom is -0.469 e. The zero-order chi connectivity index (χ0) is 10.8. The fourth-order valence-electron chi connectivity index (χ4n) is 2.12. The van der Waals surface area contributed by atoms with Gasteiger partial charge in [-0.25, -0.2) is 0 Å². The van der Waals surface area contributed by atoms with E-state index in [4.69, 9.17) is 4.74 Å². The van der Waals surface area contributed by atoms with Crippen molar-refractivity contribution in [1.82, 2.24) is 0 Å². The van der Waals surface area contributed by atoms with Gasteiger partial charge in [-0.1, -0.05) is 18.2 Å². The number of nitrogens with zero attached hydrogens (tertiary/aromatic N) is 1. The molecule has 0 radical (unpaired) electrons. The lowest BCUT2D eigenvalue weighted by Crippen LogP contribution is -2.30. The van der Waals surface area contributed by atoms with Crippen molar-refractivity contribution < 1.29 is 9.53 Å². The van der Waals surface area contributed by atoms with E-state index >= 15 is 0 Å². The van der Waals surface area contributed by atoms with Gasteiger partial charge in [0.05, 0.1) is 13.0 Å². The van der Waals surface area contributed by atoms with Gasteiger partial charge < -0.3 is 9.64 Å². The molecule has 3 nitrogen and oxygen atoms in total. The van der Waals surface area contributed by atoms with Crippen LogP contribution < -0.4 is 4.90 Å². The predicted molar refractivity (Wildman–Crippen MR) is 59.1 cm³/mol. The number of benzene rings is 1. The summed E-state index contributed by atoms with van der Waals surface area (Å²) in [6.45, 7) is 0.900. The Morgan fingerprint density at radius 1 is 1.47 bits per heavy atom. The lowest BCUT2D eigenvalue weighted by Gasteiger charge is -2.31. The molecular formula is C12H15NO2. The van der Waals surface area contributed by atoms with Gasteiger partial charge in [0, 0.05) is 19.3 Å². The van der Waals surface area contributed by atoms with Crippen molar-refractivity contribution in [2.75, 3.05) is 25.6 Å². The first-order valence-electron chi connectivity index (χ1n) is 5.12. The molecule has 0 saturated carbocycles. The number of esters is 1. The molecule has 0 N–H and O–H groups in total. The molecule has 15 heavy (non-hydrogen) atoms. The summed E-state index contributed by atoms with van der Waals surface area (Å²) in [7, 11) is 3.50. The maximum Gasteiger partial charge on any atom is 0.313 e. The molecule has 1 aromatic rings. The van der Waals surface area contributed by atoms with Crippen molar-refractivity contribution in [2.45, 2.75) is 12.3 Å². The van der Waals surface area contributed by atoms with Gasteiger partial charge in [0.15, 0.2) is 0 Å². The Labute approximate surface area is 89.7 Å². The van der Waals surface area contributed by atoms with E-state index in [0.717, 1.165) is 24.2 Å². The van der Waals surface area contributed by atoms with Gasteiger partial charge >= 0.3 is 5.97 Å². The summed E-state index contributed by atoms with van der Waals surface area (Å²) in [4.78, 5) is 13.8. The van der Waals surface area contributed by atoms with Gasteiger partial charge in [0.2, 0.25) is 0 Å². The Bertz CT molecular complexity index is 376. The molecule has 1 heterocycles. The van der Waals surface area contributed by atoms with Gasteiger partial charge in [-0.15, -0.1) is 0 Å². The quantitative estimate of drug-likeness (QED) is 0.654. The van der Waals surface area contributed by atoms with Crippen LogP contribution in [0, 0.1) is 0 Å². The number of ether oxygens (including phenoxy) is 1. The molecular weight excluding hydrogens is 190 g/mol. The van der Waals surface area contributed by atoms with Crippen LogP contribution in [0.15, 0.2) is 24.3 Å². The second kappa shape index (κ2) is 3.93. The van der Waals surface area contributed by atoms with E-state index < -0.39 is 0 Å². The van der Waals surface area contributed by atoms with E-state index in [1.807, 2.05) is 31.3 Å². The Hall–Kier alpha value is -1.51. The Balaban J connectivity index is 2.40. The average Bonchev–Trinajstić information content (AvgIpc) is 2.29. The van der Waals surface area contributed by atoms with Crippen LogP contribution in [0.3, 0.4) is 0 Å². The SMILES string of the molecule is COC(=O)[C@H]1CCN(C)c2ccccc21. The van der Waals surface area contributed by atoms with Crippen molar-refractivity contribution in [3.05, 3.63) is 29.8 Å². The summed E-state index contributed by atoms with van der Waals surface area (Å²) in [5.74, 6) is -0.224. The van der Waals surface area contributed by atoms with Crippen molar-refractivity contribution in [3.63, 3.8) is 0 Å². The number of fused-ring (bicyclic) bond motifs is 1. The largest absolute Gasteiger partial charge is 0.469 e. The summed E-state index contributed by atoms with van der Waals surface area (Å²) in [5, 5.41) is 0. The highest BCUT2D eigenvalue weighted by Crippen LogP contribution is 2.34. The molecule has 0 aliphatic carbocycles. The van der Waals surface area contributed by atoms with Crippen LogP contribution in [-0.2, 0) is 9.53 Å². The molecule has 0 fully saturated rings. The first-order chi connectivity index (χ1) is 7.24. The van der Waals surface area contributed by atoms with E-state index in [9.17, 15) is 4.79 Å². The van der Waals surface area contributed by atoms with Crippen molar-refractivity contribution >= 4 is 11.7 Å². The molecule has 3 heteroatoms. The molecule has 1 aliphatic rings. The summed E-state index contributed by atoms with van der Waals surface area (Å²) in [6, 6.07) is 8.01. The van der Waals surface area contributed by atoms with Crippen LogP contribution in [0.5, 0.6) is 0 Å². The molecule has 0 spiro atoms. The fraction of sp³-hybridized carbons (Fsp3) is 0.417. The monoisotopic (exact) mass is 205 g/mol. The number of anilines is 1. The average molecular weight is 205 g/mol. The van der Waals surface area contributed by atoms with Gasteiger partial charge in [-0.05, 0) is 18.1 Å².